The highest BCUT2D eigenvalue weighted by atomic mass is 16.5. The molecule has 0 aliphatic heterocycles. The lowest BCUT2D eigenvalue weighted by atomic mass is 10.0. The fraction of sp³-hybridized carbons (Fsp3) is 0.375. The van der Waals surface area contributed by atoms with Gasteiger partial charge >= 0.3 is 0 Å². The zero-order valence-electron chi connectivity index (χ0n) is 11.8. The Kier molecular flexibility index (Phi) is 4.63. The molecule has 102 valence electrons. The van der Waals surface area contributed by atoms with E-state index < -0.39 is 0 Å². The van der Waals surface area contributed by atoms with E-state index in [4.69, 9.17) is 9.15 Å². The predicted octanol–water partition coefficient (Wildman–Crippen LogP) is 3.49. The van der Waals surface area contributed by atoms with Crippen molar-refractivity contribution < 1.29 is 9.15 Å². The highest BCUT2D eigenvalue weighted by Gasteiger charge is 2.14. The largest absolute Gasteiger partial charge is 0.497 e. The number of benzene rings is 1. The molecular formula is C16H21NO2. The van der Waals surface area contributed by atoms with Gasteiger partial charge in [0.1, 0.15) is 17.3 Å². The van der Waals surface area contributed by atoms with Crippen molar-refractivity contribution in [2.75, 3.05) is 13.7 Å². The Morgan fingerprint density at radius 2 is 1.89 bits per heavy atom. The average molecular weight is 259 g/mol. The molecule has 0 amide bonds. The van der Waals surface area contributed by atoms with Crippen molar-refractivity contribution in [3.8, 4) is 5.75 Å². The van der Waals surface area contributed by atoms with Gasteiger partial charge in [0.25, 0.3) is 0 Å². The lowest BCUT2D eigenvalue weighted by Crippen LogP contribution is -2.22. The summed E-state index contributed by atoms with van der Waals surface area (Å²) >= 11 is 0. The van der Waals surface area contributed by atoms with Crippen LogP contribution in [0.5, 0.6) is 5.75 Å². The van der Waals surface area contributed by atoms with Crippen LogP contribution in [0.2, 0.25) is 0 Å². The summed E-state index contributed by atoms with van der Waals surface area (Å²) in [5.74, 6) is 2.83. The van der Waals surface area contributed by atoms with E-state index >= 15 is 0 Å². The summed E-state index contributed by atoms with van der Waals surface area (Å²) in [6.45, 7) is 5.00. The Morgan fingerprint density at radius 3 is 2.42 bits per heavy atom. The van der Waals surface area contributed by atoms with Gasteiger partial charge in [-0.2, -0.15) is 0 Å². The first kappa shape index (κ1) is 13.7. The summed E-state index contributed by atoms with van der Waals surface area (Å²) in [6, 6.07) is 12.4. The summed E-state index contributed by atoms with van der Waals surface area (Å²) in [4.78, 5) is 0. The Morgan fingerprint density at radius 1 is 1.16 bits per heavy atom. The number of methoxy groups -OCH3 is 1. The third-order valence-corrected chi connectivity index (χ3v) is 3.15. The van der Waals surface area contributed by atoms with Crippen molar-refractivity contribution in [2.24, 2.45) is 0 Å². The Bertz CT molecular complexity index is 502. The van der Waals surface area contributed by atoms with Gasteiger partial charge in [-0.1, -0.05) is 19.1 Å². The lowest BCUT2D eigenvalue weighted by Gasteiger charge is -2.15. The molecule has 1 unspecified atom stereocenters. The summed E-state index contributed by atoms with van der Waals surface area (Å²) < 4.78 is 10.9. The topological polar surface area (TPSA) is 34.4 Å². The smallest absolute Gasteiger partial charge is 0.121 e. The molecule has 0 aliphatic rings. The molecule has 3 nitrogen and oxygen atoms in total. The minimum atomic E-state index is 0.215. The highest BCUT2D eigenvalue weighted by molar-refractivity contribution is 5.28. The maximum Gasteiger partial charge on any atom is 0.121 e. The summed E-state index contributed by atoms with van der Waals surface area (Å²) in [5.41, 5.74) is 1.26. The van der Waals surface area contributed by atoms with E-state index in [1.807, 2.05) is 31.2 Å². The average Bonchev–Trinajstić information content (AvgIpc) is 2.86. The molecule has 2 aromatic rings. The van der Waals surface area contributed by atoms with Crippen LogP contribution in [0.3, 0.4) is 0 Å². The van der Waals surface area contributed by atoms with E-state index in [0.717, 1.165) is 30.2 Å². The first-order chi connectivity index (χ1) is 9.22. The van der Waals surface area contributed by atoms with E-state index in [1.165, 1.54) is 5.56 Å². The maximum atomic E-state index is 5.73. The second-order valence-corrected chi connectivity index (χ2v) is 4.61. The van der Waals surface area contributed by atoms with Crippen LogP contribution in [0, 0.1) is 6.92 Å². The molecular weight excluding hydrogens is 238 g/mol. The van der Waals surface area contributed by atoms with Gasteiger partial charge in [-0.15, -0.1) is 0 Å². The molecule has 1 heterocycles. The third-order valence-electron chi connectivity index (χ3n) is 3.15. The molecule has 0 saturated carbocycles. The highest BCUT2D eigenvalue weighted by Crippen LogP contribution is 2.22. The van der Waals surface area contributed by atoms with Gasteiger partial charge in [0.15, 0.2) is 0 Å². The monoisotopic (exact) mass is 259 g/mol. The summed E-state index contributed by atoms with van der Waals surface area (Å²) in [6.07, 6.45) is 0.908. The Balaban J connectivity index is 2.11. The summed E-state index contributed by atoms with van der Waals surface area (Å²) in [7, 11) is 1.68. The molecule has 0 fully saturated rings. The molecule has 1 atom stereocenters. The van der Waals surface area contributed by atoms with E-state index in [0.29, 0.717) is 0 Å². The van der Waals surface area contributed by atoms with Crippen LogP contribution < -0.4 is 10.1 Å². The van der Waals surface area contributed by atoms with Gasteiger partial charge < -0.3 is 14.5 Å². The van der Waals surface area contributed by atoms with Crippen molar-refractivity contribution in [3.05, 3.63) is 53.5 Å². The molecule has 1 N–H and O–H groups in total. The van der Waals surface area contributed by atoms with Crippen molar-refractivity contribution in [3.63, 3.8) is 0 Å². The minimum absolute atomic E-state index is 0.215. The lowest BCUT2D eigenvalue weighted by molar-refractivity contribution is 0.402. The molecule has 0 bridgehead atoms. The van der Waals surface area contributed by atoms with Crippen LogP contribution in [0.4, 0.5) is 0 Å². The molecule has 0 aliphatic carbocycles. The molecule has 3 heteroatoms. The Labute approximate surface area is 114 Å². The number of hydrogen-bond acceptors (Lipinski definition) is 3. The maximum absolute atomic E-state index is 5.73. The van der Waals surface area contributed by atoms with Crippen molar-refractivity contribution in [1.82, 2.24) is 5.32 Å². The van der Waals surface area contributed by atoms with Gasteiger partial charge in [0, 0.05) is 0 Å². The van der Waals surface area contributed by atoms with Gasteiger partial charge in [0.2, 0.25) is 0 Å². The third kappa shape index (κ3) is 3.61. The number of ether oxygens (including phenoxy) is 1. The molecule has 2 rings (SSSR count). The standard InChI is InChI=1S/C16H21NO2/c1-4-17-15(16-10-5-12(2)19-16)11-13-6-8-14(18-3)9-7-13/h5-10,15,17H,4,11H2,1-3H3. The molecule has 0 radical (unpaired) electrons. The molecule has 1 aromatic carbocycles. The van der Waals surface area contributed by atoms with Crippen LogP contribution in [-0.2, 0) is 6.42 Å². The first-order valence-corrected chi connectivity index (χ1v) is 6.65. The van der Waals surface area contributed by atoms with Crippen LogP contribution in [0.1, 0.15) is 30.0 Å². The number of aryl methyl sites for hydroxylation is 1. The van der Waals surface area contributed by atoms with Crippen molar-refractivity contribution in [2.45, 2.75) is 26.3 Å². The van der Waals surface area contributed by atoms with Crippen LogP contribution >= 0.6 is 0 Å². The Hall–Kier alpha value is -1.74. The SMILES string of the molecule is CCNC(Cc1ccc(OC)cc1)c1ccc(C)o1. The number of furan rings is 1. The molecule has 19 heavy (non-hydrogen) atoms. The second-order valence-electron chi connectivity index (χ2n) is 4.61. The van der Waals surface area contributed by atoms with Crippen molar-refractivity contribution in [1.29, 1.82) is 0 Å². The van der Waals surface area contributed by atoms with E-state index in [2.05, 4.69) is 24.4 Å². The minimum Gasteiger partial charge on any atom is -0.497 e. The summed E-state index contributed by atoms with van der Waals surface area (Å²) in [5, 5.41) is 3.46. The normalized spacial score (nSPS) is 12.4. The number of likely N-dealkylation sites (N-methyl/N-ethyl adjacent to an activating group) is 1. The first-order valence-electron chi connectivity index (χ1n) is 6.65. The van der Waals surface area contributed by atoms with Crippen LogP contribution in [-0.4, -0.2) is 13.7 Å². The fourth-order valence-corrected chi connectivity index (χ4v) is 2.16. The van der Waals surface area contributed by atoms with E-state index in [1.54, 1.807) is 7.11 Å². The second kappa shape index (κ2) is 6.43. The number of hydrogen-bond donors (Lipinski definition) is 1. The fourth-order valence-electron chi connectivity index (χ4n) is 2.16. The van der Waals surface area contributed by atoms with Gasteiger partial charge in [-0.25, -0.2) is 0 Å². The zero-order valence-corrected chi connectivity index (χ0v) is 11.8. The molecule has 0 saturated heterocycles. The van der Waals surface area contributed by atoms with Crippen LogP contribution in [0.15, 0.2) is 40.8 Å². The van der Waals surface area contributed by atoms with Gasteiger partial charge in [0.05, 0.1) is 13.2 Å². The zero-order chi connectivity index (χ0) is 13.7. The molecule has 1 aromatic heterocycles. The predicted molar refractivity (Wildman–Crippen MR) is 76.6 cm³/mol. The van der Waals surface area contributed by atoms with E-state index in [-0.39, 0.29) is 6.04 Å². The number of rotatable bonds is 6. The van der Waals surface area contributed by atoms with Gasteiger partial charge in [-0.3, -0.25) is 0 Å². The van der Waals surface area contributed by atoms with E-state index in [9.17, 15) is 0 Å². The molecule has 0 spiro atoms. The van der Waals surface area contributed by atoms with Gasteiger partial charge in [-0.05, 0) is 49.7 Å². The number of nitrogens with one attached hydrogen (secondary N) is 1. The quantitative estimate of drug-likeness (QED) is 0.862. The van der Waals surface area contributed by atoms with Crippen molar-refractivity contribution >= 4 is 0 Å². The van der Waals surface area contributed by atoms with Crippen LogP contribution in [0.25, 0.3) is 0 Å².